The molecule has 20 heavy (non-hydrogen) atoms. The summed E-state index contributed by atoms with van der Waals surface area (Å²) in [6.45, 7) is 3.57. The van der Waals surface area contributed by atoms with Crippen molar-refractivity contribution in [1.29, 1.82) is 0 Å². The first kappa shape index (κ1) is 16.6. The van der Waals surface area contributed by atoms with E-state index in [2.05, 4.69) is 5.32 Å². The Morgan fingerprint density at radius 2 is 1.95 bits per heavy atom. The molecule has 4 nitrogen and oxygen atoms in total. The largest absolute Gasteiger partial charge is 0.479 e. The van der Waals surface area contributed by atoms with Crippen LogP contribution in [-0.2, 0) is 15.1 Å². The number of benzene rings is 1. The molecule has 5 heteroatoms. The molecular formula is C15H21NO3S. The maximum absolute atomic E-state index is 12.2. The smallest absolute Gasteiger partial charge is 0.334 e. The highest BCUT2D eigenvalue weighted by atomic mass is 32.2. The predicted octanol–water partition coefficient (Wildman–Crippen LogP) is 2.49. The van der Waals surface area contributed by atoms with E-state index in [-0.39, 0.29) is 11.8 Å². The second-order valence-corrected chi connectivity index (χ2v) is 5.69. The monoisotopic (exact) mass is 295 g/mol. The molecule has 0 radical (unpaired) electrons. The highest BCUT2D eigenvalue weighted by molar-refractivity contribution is 7.98. The topological polar surface area (TPSA) is 66.4 Å². The molecule has 0 bridgehead atoms. The fraction of sp³-hybridized carbons (Fsp3) is 0.467. The number of carboxylic acid groups (broad SMARTS) is 1. The van der Waals surface area contributed by atoms with Gasteiger partial charge in [-0.15, -0.1) is 0 Å². The molecule has 0 aromatic heterocycles. The van der Waals surface area contributed by atoms with Crippen molar-refractivity contribution in [2.45, 2.75) is 25.8 Å². The Bertz CT molecular complexity index is 463. The van der Waals surface area contributed by atoms with Gasteiger partial charge in [0.25, 0.3) is 0 Å². The van der Waals surface area contributed by atoms with Crippen molar-refractivity contribution in [3.8, 4) is 0 Å². The molecule has 0 aliphatic carbocycles. The van der Waals surface area contributed by atoms with Gasteiger partial charge in [0.2, 0.25) is 5.91 Å². The molecule has 0 aliphatic rings. The molecule has 0 fully saturated rings. The second-order valence-electron chi connectivity index (χ2n) is 4.78. The fourth-order valence-electron chi connectivity index (χ4n) is 2.07. The Morgan fingerprint density at radius 3 is 2.40 bits per heavy atom. The van der Waals surface area contributed by atoms with Crippen LogP contribution >= 0.6 is 11.8 Å². The van der Waals surface area contributed by atoms with E-state index in [4.69, 9.17) is 0 Å². The second kappa shape index (κ2) is 7.33. The molecule has 2 unspecified atom stereocenters. The van der Waals surface area contributed by atoms with Gasteiger partial charge in [-0.05, 0) is 18.2 Å². The maximum Gasteiger partial charge on any atom is 0.334 e. The number of aliphatic carboxylic acids is 1. The Morgan fingerprint density at radius 1 is 1.35 bits per heavy atom. The summed E-state index contributed by atoms with van der Waals surface area (Å²) < 4.78 is 0. The molecule has 0 aliphatic heterocycles. The Labute approximate surface area is 124 Å². The molecule has 1 amide bonds. The lowest BCUT2D eigenvalue weighted by Gasteiger charge is -2.31. The molecule has 1 aromatic rings. The first-order valence-corrected chi connectivity index (χ1v) is 7.97. The third-order valence-corrected chi connectivity index (χ3v) is 4.20. The molecule has 2 atom stereocenters. The molecule has 2 N–H and O–H groups in total. The van der Waals surface area contributed by atoms with Gasteiger partial charge >= 0.3 is 5.97 Å². The van der Waals surface area contributed by atoms with E-state index in [1.807, 2.05) is 12.3 Å². The lowest BCUT2D eigenvalue weighted by molar-refractivity contribution is -0.149. The van der Waals surface area contributed by atoms with Crippen molar-refractivity contribution in [2.75, 3.05) is 12.0 Å². The Balaban J connectivity index is 3.08. The normalized spacial score (nSPS) is 15.2. The third kappa shape index (κ3) is 3.54. The van der Waals surface area contributed by atoms with Gasteiger partial charge < -0.3 is 10.4 Å². The molecule has 0 saturated carbocycles. The average Bonchev–Trinajstić information content (AvgIpc) is 2.45. The minimum absolute atomic E-state index is 0.223. The van der Waals surface area contributed by atoms with Crippen LogP contribution in [0.25, 0.3) is 0 Å². The number of thioether (sulfide) groups is 1. The van der Waals surface area contributed by atoms with E-state index < -0.39 is 11.5 Å². The van der Waals surface area contributed by atoms with E-state index >= 15 is 0 Å². The number of carbonyl (C=O) groups excluding carboxylic acids is 1. The zero-order valence-electron chi connectivity index (χ0n) is 12.1. The van der Waals surface area contributed by atoms with Crippen LogP contribution in [0.15, 0.2) is 30.3 Å². The van der Waals surface area contributed by atoms with E-state index in [1.165, 1.54) is 0 Å². The SMILES string of the molecule is CCC(NC(=O)C(C)CSC)(C(=O)O)c1ccccc1. The lowest BCUT2D eigenvalue weighted by atomic mass is 9.86. The molecule has 0 heterocycles. The van der Waals surface area contributed by atoms with Gasteiger partial charge in [-0.25, -0.2) is 4.79 Å². The number of hydrogen-bond acceptors (Lipinski definition) is 3. The number of carboxylic acids is 1. The number of hydrogen-bond donors (Lipinski definition) is 2. The minimum Gasteiger partial charge on any atom is -0.479 e. The molecule has 110 valence electrons. The molecular weight excluding hydrogens is 274 g/mol. The zero-order chi connectivity index (χ0) is 15.2. The van der Waals surface area contributed by atoms with Gasteiger partial charge in [-0.1, -0.05) is 44.2 Å². The van der Waals surface area contributed by atoms with Crippen LogP contribution in [0.3, 0.4) is 0 Å². The van der Waals surface area contributed by atoms with Gasteiger partial charge in [0.05, 0.1) is 0 Å². The first-order chi connectivity index (χ1) is 9.47. The van der Waals surface area contributed by atoms with Crippen LogP contribution in [0.4, 0.5) is 0 Å². The molecule has 1 rings (SSSR count). The van der Waals surface area contributed by atoms with Crippen molar-refractivity contribution in [2.24, 2.45) is 5.92 Å². The van der Waals surface area contributed by atoms with Crippen LogP contribution in [0.1, 0.15) is 25.8 Å². The van der Waals surface area contributed by atoms with Gasteiger partial charge in [0.1, 0.15) is 0 Å². The van der Waals surface area contributed by atoms with Crippen LogP contribution in [0.2, 0.25) is 0 Å². The Kier molecular flexibility index (Phi) is 6.07. The van der Waals surface area contributed by atoms with Crippen molar-refractivity contribution >= 4 is 23.6 Å². The van der Waals surface area contributed by atoms with Gasteiger partial charge in [0.15, 0.2) is 5.54 Å². The van der Waals surface area contributed by atoms with Gasteiger partial charge in [-0.2, -0.15) is 11.8 Å². The molecule has 0 saturated heterocycles. The van der Waals surface area contributed by atoms with Gasteiger partial charge in [0, 0.05) is 11.7 Å². The van der Waals surface area contributed by atoms with Crippen molar-refractivity contribution in [1.82, 2.24) is 5.32 Å². The Hall–Kier alpha value is -1.49. The maximum atomic E-state index is 12.2. The van der Waals surface area contributed by atoms with Crippen molar-refractivity contribution in [3.05, 3.63) is 35.9 Å². The van der Waals surface area contributed by atoms with E-state index in [9.17, 15) is 14.7 Å². The zero-order valence-corrected chi connectivity index (χ0v) is 12.9. The standard InChI is InChI=1S/C15H21NO3S/c1-4-15(14(18)19,12-8-6-5-7-9-12)16-13(17)11(2)10-20-3/h5-9,11H,4,10H2,1-3H3,(H,16,17)(H,18,19). The molecule has 1 aromatic carbocycles. The summed E-state index contributed by atoms with van der Waals surface area (Å²) in [6, 6.07) is 8.85. The van der Waals surface area contributed by atoms with E-state index in [1.54, 1.807) is 49.9 Å². The number of carbonyl (C=O) groups is 2. The summed E-state index contributed by atoms with van der Waals surface area (Å²) in [4.78, 5) is 23.9. The van der Waals surface area contributed by atoms with E-state index in [0.717, 1.165) is 0 Å². The average molecular weight is 295 g/mol. The highest BCUT2D eigenvalue weighted by Crippen LogP contribution is 2.26. The summed E-state index contributed by atoms with van der Waals surface area (Å²) >= 11 is 1.57. The summed E-state index contributed by atoms with van der Waals surface area (Å²) in [6.07, 6.45) is 2.22. The fourth-order valence-corrected chi connectivity index (χ4v) is 2.73. The highest BCUT2D eigenvalue weighted by Gasteiger charge is 2.40. The van der Waals surface area contributed by atoms with E-state index in [0.29, 0.717) is 17.7 Å². The van der Waals surface area contributed by atoms with Crippen molar-refractivity contribution < 1.29 is 14.7 Å². The van der Waals surface area contributed by atoms with Crippen LogP contribution in [0, 0.1) is 5.92 Å². The van der Waals surface area contributed by atoms with Crippen LogP contribution < -0.4 is 5.32 Å². The first-order valence-electron chi connectivity index (χ1n) is 6.57. The quantitative estimate of drug-likeness (QED) is 0.811. The number of nitrogens with one attached hydrogen (secondary N) is 1. The molecule has 0 spiro atoms. The summed E-state index contributed by atoms with van der Waals surface area (Å²) in [7, 11) is 0. The summed E-state index contributed by atoms with van der Waals surface area (Å²) in [5.41, 5.74) is -0.759. The minimum atomic E-state index is -1.36. The van der Waals surface area contributed by atoms with Crippen molar-refractivity contribution in [3.63, 3.8) is 0 Å². The predicted molar refractivity (Wildman–Crippen MR) is 81.7 cm³/mol. The summed E-state index contributed by atoms with van der Waals surface area (Å²) in [5, 5.41) is 12.3. The number of amides is 1. The third-order valence-electron chi connectivity index (χ3n) is 3.36. The van der Waals surface area contributed by atoms with Crippen LogP contribution in [0.5, 0.6) is 0 Å². The summed E-state index contributed by atoms with van der Waals surface area (Å²) in [5.74, 6) is -0.817. The van der Waals surface area contributed by atoms with Gasteiger partial charge in [-0.3, -0.25) is 4.79 Å². The number of rotatable bonds is 7. The lowest BCUT2D eigenvalue weighted by Crippen LogP contribution is -2.53. The van der Waals surface area contributed by atoms with Crippen LogP contribution in [-0.4, -0.2) is 29.0 Å².